The van der Waals surface area contributed by atoms with Crippen molar-refractivity contribution in [2.24, 2.45) is 0 Å². The van der Waals surface area contributed by atoms with E-state index >= 15 is 0 Å². The summed E-state index contributed by atoms with van der Waals surface area (Å²) >= 11 is 0. The van der Waals surface area contributed by atoms with E-state index in [0.29, 0.717) is 0 Å². The second-order valence-corrected chi connectivity index (χ2v) is 4.50. The summed E-state index contributed by atoms with van der Waals surface area (Å²) in [6, 6.07) is 8.31. The molecule has 1 aromatic rings. The average molecular weight is 207 g/mol. The van der Waals surface area contributed by atoms with Gasteiger partial charge >= 0.3 is 0 Å². The lowest BCUT2D eigenvalue weighted by Crippen LogP contribution is -2.22. The molecule has 0 spiro atoms. The summed E-state index contributed by atoms with van der Waals surface area (Å²) in [6.07, 6.45) is 1.79. The van der Waals surface area contributed by atoms with Gasteiger partial charge < -0.3 is 10.4 Å². The normalized spacial score (nSPS) is 11.5. The van der Waals surface area contributed by atoms with Gasteiger partial charge in [0.15, 0.2) is 0 Å². The summed E-state index contributed by atoms with van der Waals surface area (Å²) in [5.41, 5.74) is 1.92. The van der Waals surface area contributed by atoms with Gasteiger partial charge in [-0.2, -0.15) is 0 Å². The molecule has 1 rings (SSSR count). The van der Waals surface area contributed by atoms with E-state index in [1.807, 2.05) is 19.9 Å². The largest absolute Gasteiger partial charge is 0.390 e. The van der Waals surface area contributed by atoms with E-state index in [2.05, 4.69) is 30.4 Å². The van der Waals surface area contributed by atoms with Gasteiger partial charge in [0.25, 0.3) is 0 Å². The van der Waals surface area contributed by atoms with Gasteiger partial charge in [-0.15, -0.1) is 0 Å². The molecule has 0 aliphatic rings. The summed E-state index contributed by atoms with van der Waals surface area (Å²) < 4.78 is 0. The fourth-order valence-electron chi connectivity index (χ4n) is 1.50. The van der Waals surface area contributed by atoms with E-state index in [0.717, 1.165) is 19.4 Å². The van der Waals surface area contributed by atoms with Gasteiger partial charge in [0.2, 0.25) is 0 Å². The second-order valence-electron chi connectivity index (χ2n) is 4.50. The quantitative estimate of drug-likeness (QED) is 0.778. The van der Waals surface area contributed by atoms with Crippen LogP contribution in [0.2, 0.25) is 0 Å². The standard InChI is InChI=1S/C13H21NO/c1-4-11-7-5-6-8-12(11)14-10-9-13(2,3)15/h5-8,14-15H,4,9-10H2,1-3H3. The molecule has 2 nitrogen and oxygen atoms in total. The van der Waals surface area contributed by atoms with Gasteiger partial charge in [-0.25, -0.2) is 0 Å². The molecular weight excluding hydrogens is 186 g/mol. The molecule has 0 fully saturated rings. The number of hydrogen-bond donors (Lipinski definition) is 2. The number of benzene rings is 1. The second kappa shape index (κ2) is 5.17. The molecule has 2 heteroatoms. The average Bonchev–Trinajstić information content (AvgIpc) is 2.16. The van der Waals surface area contributed by atoms with Crippen molar-refractivity contribution in [3.63, 3.8) is 0 Å². The number of rotatable bonds is 5. The van der Waals surface area contributed by atoms with E-state index in [4.69, 9.17) is 0 Å². The monoisotopic (exact) mass is 207 g/mol. The molecule has 0 amide bonds. The lowest BCUT2D eigenvalue weighted by atomic mass is 10.1. The molecule has 0 heterocycles. The third-order valence-corrected chi connectivity index (χ3v) is 2.45. The van der Waals surface area contributed by atoms with Crippen LogP contribution >= 0.6 is 0 Å². The topological polar surface area (TPSA) is 32.3 Å². The highest BCUT2D eigenvalue weighted by molar-refractivity contribution is 5.50. The van der Waals surface area contributed by atoms with Gasteiger partial charge in [-0.1, -0.05) is 25.1 Å². The van der Waals surface area contributed by atoms with Gasteiger partial charge in [-0.05, 0) is 38.3 Å². The van der Waals surface area contributed by atoms with Crippen LogP contribution < -0.4 is 5.32 Å². The Kier molecular flexibility index (Phi) is 4.15. The van der Waals surface area contributed by atoms with Gasteiger partial charge in [0.05, 0.1) is 5.60 Å². The summed E-state index contributed by atoms with van der Waals surface area (Å²) in [4.78, 5) is 0. The molecule has 15 heavy (non-hydrogen) atoms. The summed E-state index contributed by atoms with van der Waals surface area (Å²) in [6.45, 7) is 6.62. The minimum absolute atomic E-state index is 0.589. The van der Waals surface area contributed by atoms with Crippen LogP contribution in [-0.2, 0) is 6.42 Å². The van der Waals surface area contributed by atoms with Crippen LogP contribution in [0.1, 0.15) is 32.8 Å². The Bertz CT molecular complexity index is 302. The number of nitrogens with one attached hydrogen (secondary N) is 1. The van der Waals surface area contributed by atoms with E-state index in [1.165, 1.54) is 11.3 Å². The smallest absolute Gasteiger partial charge is 0.0608 e. The first-order valence-corrected chi connectivity index (χ1v) is 5.57. The molecule has 0 saturated carbocycles. The van der Waals surface area contributed by atoms with Crippen molar-refractivity contribution in [2.75, 3.05) is 11.9 Å². The predicted molar refractivity (Wildman–Crippen MR) is 65.2 cm³/mol. The fraction of sp³-hybridized carbons (Fsp3) is 0.538. The highest BCUT2D eigenvalue weighted by Crippen LogP contribution is 2.16. The predicted octanol–water partition coefficient (Wildman–Crippen LogP) is 2.82. The van der Waals surface area contributed by atoms with Crippen LogP contribution in [0, 0.1) is 0 Å². The first-order valence-electron chi connectivity index (χ1n) is 5.57. The molecule has 2 N–H and O–H groups in total. The Morgan fingerprint density at radius 1 is 1.27 bits per heavy atom. The van der Waals surface area contributed by atoms with Gasteiger partial charge in [0, 0.05) is 12.2 Å². The number of aliphatic hydroxyl groups is 1. The minimum atomic E-state index is -0.589. The summed E-state index contributed by atoms with van der Waals surface area (Å²) in [5.74, 6) is 0. The third-order valence-electron chi connectivity index (χ3n) is 2.45. The number of para-hydroxylation sites is 1. The molecule has 0 saturated heterocycles. The SMILES string of the molecule is CCc1ccccc1NCCC(C)(C)O. The van der Waals surface area contributed by atoms with Crippen molar-refractivity contribution >= 4 is 5.69 Å². The zero-order valence-electron chi connectivity index (χ0n) is 9.88. The Labute approximate surface area is 92.3 Å². The maximum atomic E-state index is 9.58. The lowest BCUT2D eigenvalue weighted by Gasteiger charge is -2.18. The number of aryl methyl sites for hydroxylation is 1. The van der Waals surface area contributed by atoms with Crippen molar-refractivity contribution < 1.29 is 5.11 Å². The van der Waals surface area contributed by atoms with Crippen molar-refractivity contribution in [1.29, 1.82) is 0 Å². The minimum Gasteiger partial charge on any atom is -0.390 e. The van der Waals surface area contributed by atoms with Gasteiger partial charge in [-0.3, -0.25) is 0 Å². The lowest BCUT2D eigenvalue weighted by molar-refractivity contribution is 0.0749. The van der Waals surface area contributed by atoms with Crippen molar-refractivity contribution in [3.05, 3.63) is 29.8 Å². The van der Waals surface area contributed by atoms with E-state index in [9.17, 15) is 5.11 Å². The molecule has 0 radical (unpaired) electrons. The maximum Gasteiger partial charge on any atom is 0.0608 e. The molecular formula is C13H21NO. The molecule has 0 unspecified atom stereocenters. The highest BCUT2D eigenvalue weighted by Gasteiger charge is 2.11. The Morgan fingerprint density at radius 2 is 1.93 bits per heavy atom. The van der Waals surface area contributed by atoms with Crippen molar-refractivity contribution in [1.82, 2.24) is 0 Å². The zero-order valence-corrected chi connectivity index (χ0v) is 9.88. The van der Waals surface area contributed by atoms with Crippen molar-refractivity contribution in [3.8, 4) is 0 Å². The Hall–Kier alpha value is -1.02. The van der Waals surface area contributed by atoms with E-state index in [-0.39, 0.29) is 0 Å². The van der Waals surface area contributed by atoms with Crippen LogP contribution in [-0.4, -0.2) is 17.3 Å². The van der Waals surface area contributed by atoms with Crippen LogP contribution in [0.5, 0.6) is 0 Å². The van der Waals surface area contributed by atoms with E-state index in [1.54, 1.807) is 0 Å². The number of hydrogen-bond acceptors (Lipinski definition) is 2. The van der Waals surface area contributed by atoms with E-state index < -0.39 is 5.60 Å². The maximum absolute atomic E-state index is 9.58. The third kappa shape index (κ3) is 4.34. The molecule has 0 atom stereocenters. The van der Waals surface area contributed by atoms with Crippen LogP contribution in [0.15, 0.2) is 24.3 Å². The fourth-order valence-corrected chi connectivity index (χ4v) is 1.50. The molecule has 84 valence electrons. The molecule has 0 aliphatic heterocycles. The van der Waals surface area contributed by atoms with Crippen LogP contribution in [0.3, 0.4) is 0 Å². The van der Waals surface area contributed by atoms with Gasteiger partial charge in [0.1, 0.15) is 0 Å². The van der Waals surface area contributed by atoms with Crippen LogP contribution in [0.25, 0.3) is 0 Å². The number of anilines is 1. The molecule has 0 aromatic heterocycles. The zero-order chi connectivity index (χ0) is 11.3. The molecule has 0 aliphatic carbocycles. The van der Waals surface area contributed by atoms with Crippen LogP contribution in [0.4, 0.5) is 5.69 Å². The highest BCUT2D eigenvalue weighted by atomic mass is 16.3. The summed E-state index contributed by atoms with van der Waals surface area (Å²) in [7, 11) is 0. The molecule has 1 aromatic carbocycles. The molecule has 0 bridgehead atoms. The van der Waals surface area contributed by atoms with Crippen molar-refractivity contribution in [2.45, 2.75) is 39.2 Å². The first kappa shape index (κ1) is 12.1. The summed E-state index contributed by atoms with van der Waals surface area (Å²) in [5, 5.41) is 12.9. The first-order chi connectivity index (χ1) is 7.03. The Morgan fingerprint density at radius 3 is 2.53 bits per heavy atom. The Balaban J connectivity index is 2.50.